The Balaban J connectivity index is 2.69. The van der Waals surface area contributed by atoms with Crippen LogP contribution in [0.3, 0.4) is 0 Å². The highest BCUT2D eigenvalue weighted by Gasteiger charge is 2.06. The fourth-order valence-electron chi connectivity index (χ4n) is 0.963. The lowest BCUT2D eigenvalue weighted by atomic mass is 10.2. The Morgan fingerprint density at radius 1 is 1.77 bits per heavy atom. The lowest BCUT2D eigenvalue weighted by Gasteiger charge is -1.92. The Morgan fingerprint density at radius 2 is 2.54 bits per heavy atom. The van der Waals surface area contributed by atoms with Gasteiger partial charge in [0, 0.05) is 12.6 Å². The van der Waals surface area contributed by atoms with E-state index in [9.17, 15) is 4.79 Å². The maximum atomic E-state index is 11.3. The SMILES string of the molecule is C#CCn1cc(C(=O)CCN)cn1. The van der Waals surface area contributed by atoms with Gasteiger partial charge in [-0.2, -0.15) is 5.10 Å². The second kappa shape index (κ2) is 4.43. The van der Waals surface area contributed by atoms with Gasteiger partial charge in [0.2, 0.25) is 0 Å². The lowest BCUT2D eigenvalue weighted by molar-refractivity contribution is 0.0985. The summed E-state index contributed by atoms with van der Waals surface area (Å²) in [6.45, 7) is 0.745. The minimum absolute atomic E-state index is 0.00534. The van der Waals surface area contributed by atoms with E-state index in [4.69, 9.17) is 12.2 Å². The summed E-state index contributed by atoms with van der Waals surface area (Å²) in [5, 5.41) is 3.92. The normalized spacial score (nSPS) is 9.54. The van der Waals surface area contributed by atoms with Gasteiger partial charge in [0.25, 0.3) is 0 Å². The summed E-state index contributed by atoms with van der Waals surface area (Å²) in [4.78, 5) is 11.3. The van der Waals surface area contributed by atoms with Gasteiger partial charge < -0.3 is 5.73 Å². The van der Waals surface area contributed by atoms with Crippen LogP contribution in [0.25, 0.3) is 0 Å². The van der Waals surface area contributed by atoms with Gasteiger partial charge in [-0.05, 0) is 6.54 Å². The van der Waals surface area contributed by atoms with Gasteiger partial charge >= 0.3 is 0 Å². The monoisotopic (exact) mass is 177 g/mol. The molecule has 0 atom stereocenters. The van der Waals surface area contributed by atoms with Crippen molar-refractivity contribution >= 4 is 5.78 Å². The first-order valence-electron chi connectivity index (χ1n) is 3.97. The Morgan fingerprint density at radius 3 is 3.15 bits per heavy atom. The van der Waals surface area contributed by atoms with Crippen LogP contribution in [-0.2, 0) is 6.54 Å². The van der Waals surface area contributed by atoms with E-state index in [1.165, 1.54) is 6.20 Å². The maximum Gasteiger partial charge on any atom is 0.167 e. The molecule has 0 aliphatic heterocycles. The third-order valence-electron chi connectivity index (χ3n) is 1.58. The van der Waals surface area contributed by atoms with E-state index in [0.29, 0.717) is 25.1 Å². The van der Waals surface area contributed by atoms with Gasteiger partial charge in [-0.25, -0.2) is 0 Å². The molecule has 2 N–H and O–H groups in total. The molecule has 0 radical (unpaired) electrons. The van der Waals surface area contributed by atoms with E-state index in [-0.39, 0.29) is 5.78 Å². The van der Waals surface area contributed by atoms with E-state index in [1.807, 2.05) is 0 Å². The standard InChI is InChI=1S/C9H11N3O/c1-2-5-12-7-8(6-11-12)9(13)3-4-10/h1,6-7H,3-5,10H2. The number of rotatable bonds is 4. The third kappa shape index (κ3) is 2.42. The van der Waals surface area contributed by atoms with Gasteiger partial charge in [0.1, 0.15) is 6.54 Å². The molecule has 1 heterocycles. The second-order valence-electron chi connectivity index (χ2n) is 2.59. The molecule has 0 fully saturated rings. The number of nitrogens with two attached hydrogens (primary N) is 1. The van der Waals surface area contributed by atoms with Gasteiger partial charge in [0.05, 0.1) is 11.8 Å². The van der Waals surface area contributed by atoms with Crippen LogP contribution in [0.15, 0.2) is 12.4 Å². The van der Waals surface area contributed by atoms with E-state index in [2.05, 4.69) is 11.0 Å². The average molecular weight is 177 g/mol. The highest BCUT2D eigenvalue weighted by atomic mass is 16.1. The quantitative estimate of drug-likeness (QED) is 0.522. The van der Waals surface area contributed by atoms with Crippen LogP contribution in [0, 0.1) is 12.3 Å². The summed E-state index contributed by atoms with van der Waals surface area (Å²) in [6, 6.07) is 0. The van der Waals surface area contributed by atoms with Crippen LogP contribution in [0.5, 0.6) is 0 Å². The molecule has 68 valence electrons. The molecule has 4 nitrogen and oxygen atoms in total. The molecule has 0 saturated carbocycles. The van der Waals surface area contributed by atoms with Crippen molar-refractivity contribution in [1.82, 2.24) is 9.78 Å². The first-order valence-corrected chi connectivity index (χ1v) is 3.97. The van der Waals surface area contributed by atoms with Crippen molar-refractivity contribution in [1.29, 1.82) is 0 Å². The molecule has 0 aliphatic rings. The minimum Gasteiger partial charge on any atom is -0.330 e. The predicted molar refractivity (Wildman–Crippen MR) is 49.1 cm³/mol. The molecule has 13 heavy (non-hydrogen) atoms. The van der Waals surface area contributed by atoms with Crippen molar-refractivity contribution in [2.24, 2.45) is 5.73 Å². The molecule has 0 aliphatic carbocycles. The largest absolute Gasteiger partial charge is 0.330 e. The van der Waals surface area contributed by atoms with E-state index >= 15 is 0 Å². The number of nitrogens with zero attached hydrogens (tertiary/aromatic N) is 2. The van der Waals surface area contributed by atoms with E-state index in [0.717, 1.165) is 0 Å². The predicted octanol–water partition coefficient (Wildman–Crippen LogP) is 0.0478. The number of Topliss-reactive ketones (excluding diaryl/α,β-unsaturated/α-hetero) is 1. The number of ketones is 1. The molecular formula is C9H11N3O. The Kier molecular flexibility index (Phi) is 3.23. The number of carbonyl (C=O) groups excluding carboxylic acids is 1. The summed E-state index contributed by atoms with van der Waals surface area (Å²) in [6.07, 6.45) is 8.58. The van der Waals surface area contributed by atoms with Crippen molar-refractivity contribution in [2.45, 2.75) is 13.0 Å². The molecule has 0 aromatic carbocycles. The van der Waals surface area contributed by atoms with Crippen LogP contribution in [0.1, 0.15) is 16.8 Å². The summed E-state index contributed by atoms with van der Waals surface area (Å²) in [5.74, 6) is 2.44. The van der Waals surface area contributed by atoms with Crippen molar-refractivity contribution < 1.29 is 4.79 Å². The molecule has 0 bridgehead atoms. The zero-order valence-electron chi connectivity index (χ0n) is 7.23. The molecule has 1 aromatic rings. The fraction of sp³-hybridized carbons (Fsp3) is 0.333. The smallest absolute Gasteiger partial charge is 0.167 e. The first-order chi connectivity index (χ1) is 6.27. The van der Waals surface area contributed by atoms with Crippen molar-refractivity contribution in [2.75, 3.05) is 6.54 Å². The number of terminal acetylenes is 1. The summed E-state index contributed by atoms with van der Waals surface area (Å²) in [7, 11) is 0. The average Bonchev–Trinajstić information content (AvgIpc) is 2.54. The summed E-state index contributed by atoms with van der Waals surface area (Å²) in [5.41, 5.74) is 5.82. The molecular weight excluding hydrogens is 166 g/mol. The summed E-state index contributed by atoms with van der Waals surface area (Å²) < 4.78 is 1.55. The zero-order chi connectivity index (χ0) is 9.68. The van der Waals surface area contributed by atoms with Crippen LogP contribution >= 0.6 is 0 Å². The van der Waals surface area contributed by atoms with Gasteiger partial charge in [-0.3, -0.25) is 9.48 Å². The Bertz CT molecular complexity index is 335. The Labute approximate surface area is 76.7 Å². The van der Waals surface area contributed by atoms with Gasteiger partial charge in [-0.1, -0.05) is 5.92 Å². The number of aromatic nitrogens is 2. The van der Waals surface area contributed by atoms with E-state index in [1.54, 1.807) is 10.9 Å². The fourth-order valence-corrected chi connectivity index (χ4v) is 0.963. The molecule has 1 rings (SSSR count). The molecule has 4 heteroatoms. The lowest BCUT2D eigenvalue weighted by Crippen LogP contribution is -2.07. The number of hydrogen-bond donors (Lipinski definition) is 1. The molecule has 1 aromatic heterocycles. The topological polar surface area (TPSA) is 60.9 Å². The van der Waals surface area contributed by atoms with E-state index < -0.39 is 0 Å². The molecule has 0 amide bonds. The van der Waals surface area contributed by atoms with Crippen LogP contribution in [0.4, 0.5) is 0 Å². The van der Waals surface area contributed by atoms with Crippen molar-refractivity contribution in [3.8, 4) is 12.3 Å². The van der Waals surface area contributed by atoms with Crippen LogP contribution < -0.4 is 5.73 Å². The first kappa shape index (κ1) is 9.49. The molecule has 0 spiro atoms. The van der Waals surface area contributed by atoms with Crippen molar-refractivity contribution in [3.63, 3.8) is 0 Å². The Hall–Kier alpha value is -1.60. The zero-order valence-corrected chi connectivity index (χ0v) is 7.23. The van der Waals surface area contributed by atoms with Crippen molar-refractivity contribution in [3.05, 3.63) is 18.0 Å². The maximum absolute atomic E-state index is 11.3. The second-order valence-corrected chi connectivity index (χ2v) is 2.59. The molecule has 0 unspecified atom stereocenters. The van der Waals surface area contributed by atoms with Crippen LogP contribution in [0.2, 0.25) is 0 Å². The number of hydrogen-bond acceptors (Lipinski definition) is 3. The molecule has 0 saturated heterocycles. The van der Waals surface area contributed by atoms with Gasteiger partial charge in [0.15, 0.2) is 5.78 Å². The highest BCUT2D eigenvalue weighted by Crippen LogP contribution is 2.01. The van der Waals surface area contributed by atoms with Gasteiger partial charge in [-0.15, -0.1) is 6.42 Å². The van der Waals surface area contributed by atoms with Crippen LogP contribution in [-0.4, -0.2) is 22.1 Å². The number of carbonyl (C=O) groups is 1. The highest BCUT2D eigenvalue weighted by molar-refractivity contribution is 5.95. The third-order valence-corrected chi connectivity index (χ3v) is 1.58. The summed E-state index contributed by atoms with van der Waals surface area (Å²) >= 11 is 0. The minimum atomic E-state index is 0.00534.